The van der Waals surface area contributed by atoms with Gasteiger partial charge in [0.15, 0.2) is 5.82 Å². The molecule has 0 unspecified atom stereocenters. The van der Waals surface area contributed by atoms with Crippen molar-refractivity contribution in [1.29, 1.82) is 0 Å². The van der Waals surface area contributed by atoms with Crippen LogP contribution < -0.4 is 10.6 Å². The van der Waals surface area contributed by atoms with Crippen LogP contribution in [0.15, 0.2) is 12.3 Å². The number of carbonyl (C=O) groups excluding carboxylic acids is 2. The molecule has 0 saturated heterocycles. The third-order valence-corrected chi connectivity index (χ3v) is 3.56. The molecule has 1 aromatic heterocycles. The van der Waals surface area contributed by atoms with E-state index >= 15 is 0 Å². The second kappa shape index (κ2) is 5.98. The largest absolute Gasteiger partial charge is 0.444 e. The highest BCUT2D eigenvalue weighted by molar-refractivity contribution is 5.91. The van der Waals surface area contributed by atoms with E-state index in [1.165, 1.54) is 0 Å². The lowest BCUT2D eigenvalue weighted by molar-refractivity contribution is -0.118. The molecule has 0 atom stereocenters. The third kappa shape index (κ3) is 4.47. The van der Waals surface area contributed by atoms with E-state index in [1.807, 2.05) is 20.8 Å². The Morgan fingerprint density at radius 1 is 1.41 bits per heavy atom. The van der Waals surface area contributed by atoms with E-state index in [-0.39, 0.29) is 12.3 Å². The molecule has 1 aromatic rings. The van der Waals surface area contributed by atoms with Gasteiger partial charge in [0.05, 0.1) is 12.0 Å². The van der Waals surface area contributed by atoms with Gasteiger partial charge in [-0.1, -0.05) is 0 Å². The molecule has 1 fully saturated rings. The summed E-state index contributed by atoms with van der Waals surface area (Å²) in [7, 11) is 1.78. The zero-order valence-corrected chi connectivity index (χ0v) is 13.6. The van der Waals surface area contributed by atoms with Crippen LogP contribution in [0.5, 0.6) is 0 Å². The Bertz CT molecular complexity index is 555. The molecule has 1 aliphatic rings. The quantitative estimate of drug-likeness (QED) is 0.893. The summed E-state index contributed by atoms with van der Waals surface area (Å²) >= 11 is 0. The van der Waals surface area contributed by atoms with Crippen molar-refractivity contribution in [2.45, 2.75) is 57.6 Å². The standard InChI is InChI=1S/C15H24N4O3/c1-14(2,3)22-13(21)17-15(7-5-8-15)10-12(20)16-11-6-9-19(4)18-11/h6,9H,5,7-8,10H2,1-4H3,(H,17,21)(H,16,18,20). The molecule has 0 aliphatic heterocycles. The summed E-state index contributed by atoms with van der Waals surface area (Å²) < 4.78 is 6.89. The smallest absolute Gasteiger partial charge is 0.408 e. The molecule has 122 valence electrons. The Kier molecular flexibility index (Phi) is 4.44. The van der Waals surface area contributed by atoms with Gasteiger partial charge in [0.25, 0.3) is 0 Å². The van der Waals surface area contributed by atoms with Crippen LogP contribution in [-0.2, 0) is 16.6 Å². The van der Waals surface area contributed by atoms with Crippen molar-refractivity contribution < 1.29 is 14.3 Å². The molecule has 22 heavy (non-hydrogen) atoms. The average Bonchev–Trinajstić information content (AvgIpc) is 2.69. The van der Waals surface area contributed by atoms with Gasteiger partial charge in [0, 0.05) is 19.3 Å². The summed E-state index contributed by atoms with van der Waals surface area (Å²) in [6.45, 7) is 5.44. The predicted molar refractivity (Wildman–Crippen MR) is 82.4 cm³/mol. The van der Waals surface area contributed by atoms with E-state index in [2.05, 4.69) is 15.7 Å². The van der Waals surface area contributed by atoms with Crippen LogP contribution in [0.2, 0.25) is 0 Å². The second-order valence-corrected chi connectivity index (χ2v) is 6.86. The summed E-state index contributed by atoms with van der Waals surface area (Å²) in [6, 6.07) is 1.73. The van der Waals surface area contributed by atoms with Gasteiger partial charge >= 0.3 is 6.09 Å². The van der Waals surface area contributed by atoms with Crippen molar-refractivity contribution in [3.8, 4) is 0 Å². The number of carbonyl (C=O) groups is 2. The van der Waals surface area contributed by atoms with Crippen molar-refractivity contribution in [2.24, 2.45) is 7.05 Å². The topological polar surface area (TPSA) is 85.2 Å². The first-order valence-electron chi connectivity index (χ1n) is 7.48. The van der Waals surface area contributed by atoms with Gasteiger partial charge in [-0.05, 0) is 40.0 Å². The number of alkyl carbamates (subject to hydrolysis) is 1. The van der Waals surface area contributed by atoms with Gasteiger partial charge in [-0.2, -0.15) is 5.10 Å². The number of aromatic nitrogens is 2. The number of nitrogens with one attached hydrogen (secondary N) is 2. The summed E-state index contributed by atoms with van der Waals surface area (Å²) in [6.07, 6.45) is 4.06. The van der Waals surface area contributed by atoms with E-state index in [9.17, 15) is 9.59 Å². The Morgan fingerprint density at radius 2 is 2.09 bits per heavy atom. The van der Waals surface area contributed by atoms with E-state index in [4.69, 9.17) is 4.74 Å². The maximum Gasteiger partial charge on any atom is 0.408 e. The molecule has 1 saturated carbocycles. The van der Waals surface area contributed by atoms with E-state index in [0.717, 1.165) is 19.3 Å². The lowest BCUT2D eigenvalue weighted by atomic mass is 9.74. The highest BCUT2D eigenvalue weighted by Crippen LogP contribution is 2.35. The normalized spacial score (nSPS) is 16.5. The molecule has 0 bridgehead atoms. The van der Waals surface area contributed by atoms with Gasteiger partial charge in [-0.15, -0.1) is 0 Å². The van der Waals surface area contributed by atoms with Gasteiger partial charge in [-0.3, -0.25) is 9.48 Å². The zero-order chi connectivity index (χ0) is 16.4. The number of hydrogen-bond acceptors (Lipinski definition) is 4. The molecular weight excluding hydrogens is 284 g/mol. The molecule has 0 spiro atoms. The number of ether oxygens (including phenoxy) is 1. The zero-order valence-electron chi connectivity index (χ0n) is 13.6. The summed E-state index contributed by atoms with van der Waals surface area (Å²) in [5, 5.41) is 9.71. The Hall–Kier alpha value is -2.05. The molecule has 2 amide bonds. The molecule has 2 rings (SSSR count). The fraction of sp³-hybridized carbons (Fsp3) is 0.667. The molecule has 0 radical (unpaired) electrons. The predicted octanol–water partition coefficient (Wildman–Crippen LogP) is 2.20. The van der Waals surface area contributed by atoms with E-state index in [1.54, 1.807) is 24.0 Å². The van der Waals surface area contributed by atoms with Gasteiger partial charge in [-0.25, -0.2) is 4.79 Å². The van der Waals surface area contributed by atoms with Gasteiger partial charge < -0.3 is 15.4 Å². The minimum absolute atomic E-state index is 0.158. The van der Waals surface area contributed by atoms with Crippen molar-refractivity contribution in [1.82, 2.24) is 15.1 Å². The number of aryl methyl sites for hydroxylation is 1. The fourth-order valence-electron chi connectivity index (χ4n) is 2.45. The minimum Gasteiger partial charge on any atom is -0.444 e. The monoisotopic (exact) mass is 308 g/mol. The van der Waals surface area contributed by atoms with E-state index < -0.39 is 17.2 Å². The third-order valence-electron chi connectivity index (χ3n) is 3.56. The molecule has 7 heteroatoms. The first-order valence-corrected chi connectivity index (χ1v) is 7.48. The van der Waals surface area contributed by atoms with Gasteiger partial charge in [0.2, 0.25) is 5.91 Å². The Labute approximate surface area is 130 Å². The maximum atomic E-state index is 12.1. The molecule has 1 heterocycles. The first kappa shape index (κ1) is 16.3. The van der Waals surface area contributed by atoms with Crippen LogP contribution in [-0.4, -0.2) is 32.9 Å². The van der Waals surface area contributed by atoms with Crippen molar-refractivity contribution in [3.05, 3.63) is 12.3 Å². The molecule has 7 nitrogen and oxygen atoms in total. The maximum absolute atomic E-state index is 12.1. The van der Waals surface area contributed by atoms with Crippen LogP contribution in [0.25, 0.3) is 0 Å². The van der Waals surface area contributed by atoms with Crippen molar-refractivity contribution >= 4 is 17.8 Å². The first-order chi connectivity index (χ1) is 10.2. The summed E-state index contributed by atoms with van der Waals surface area (Å²) in [5.74, 6) is 0.355. The van der Waals surface area contributed by atoms with Crippen molar-refractivity contribution in [2.75, 3.05) is 5.32 Å². The number of amides is 2. The highest BCUT2D eigenvalue weighted by atomic mass is 16.6. The SMILES string of the molecule is Cn1ccc(NC(=O)CC2(NC(=O)OC(C)(C)C)CCC2)n1. The molecule has 1 aliphatic carbocycles. The minimum atomic E-state index is -0.550. The van der Waals surface area contributed by atoms with Crippen LogP contribution in [0.4, 0.5) is 10.6 Å². The lowest BCUT2D eigenvalue weighted by Gasteiger charge is -2.42. The lowest BCUT2D eigenvalue weighted by Crippen LogP contribution is -2.56. The fourth-order valence-corrected chi connectivity index (χ4v) is 2.45. The number of hydrogen-bond donors (Lipinski definition) is 2. The second-order valence-electron chi connectivity index (χ2n) is 6.86. The Morgan fingerprint density at radius 3 is 2.55 bits per heavy atom. The van der Waals surface area contributed by atoms with Gasteiger partial charge in [0.1, 0.15) is 5.60 Å². The van der Waals surface area contributed by atoms with E-state index in [0.29, 0.717) is 5.82 Å². The number of anilines is 1. The molecule has 0 aromatic carbocycles. The number of nitrogens with zero attached hydrogens (tertiary/aromatic N) is 2. The van der Waals surface area contributed by atoms with Crippen LogP contribution in [0.1, 0.15) is 46.5 Å². The van der Waals surface area contributed by atoms with Crippen LogP contribution in [0, 0.1) is 0 Å². The average molecular weight is 308 g/mol. The number of rotatable bonds is 4. The highest BCUT2D eigenvalue weighted by Gasteiger charge is 2.41. The van der Waals surface area contributed by atoms with Crippen LogP contribution >= 0.6 is 0 Å². The van der Waals surface area contributed by atoms with Crippen molar-refractivity contribution in [3.63, 3.8) is 0 Å². The molecular formula is C15H24N4O3. The summed E-state index contributed by atoms with van der Waals surface area (Å²) in [5.41, 5.74) is -1.05. The Balaban J connectivity index is 1.90. The molecule has 2 N–H and O–H groups in total. The van der Waals surface area contributed by atoms with Crippen LogP contribution in [0.3, 0.4) is 0 Å². The summed E-state index contributed by atoms with van der Waals surface area (Å²) in [4.78, 5) is 24.1.